The Kier molecular flexibility index (Phi) is 4.82. The maximum absolute atomic E-state index is 12.6. The van der Waals surface area contributed by atoms with E-state index < -0.39 is 10.0 Å². The van der Waals surface area contributed by atoms with Crippen molar-refractivity contribution in [1.82, 2.24) is 9.62 Å². The van der Waals surface area contributed by atoms with Crippen LogP contribution in [0, 0.1) is 12.8 Å². The molecule has 1 saturated heterocycles. The molecule has 1 aliphatic heterocycles. The summed E-state index contributed by atoms with van der Waals surface area (Å²) >= 11 is 5.92. The molecule has 3 N–H and O–H groups in total. The third-order valence-electron chi connectivity index (χ3n) is 4.00. The standard InChI is InChI=1S/C14H22ClN3O2S/c1-9-6-11(15)12(16)7-14(9)21(19,20)17-13-4-5-18(3)8-10(13)2/h6-7,10,13,17H,4-5,8,16H2,1-3H3. The maximum atomic E-state index is 12.6. The summed E-state index contributed by atoms with van der Waals surface area (Å²) in [7, 11) is -1.54. The highest BCUT2D eigenvalue weighted by molar-refractivity contribution is 7.89. The largest absolute Gasteiger partial charge is 0.397 e. The minimum Gasteiger partial charge on any atom is -0.397 e. The van der Waals surface area contributed by atoms with Crippen molar-refractivity contribution in [2.24, 2.45) is 5.92 Å². The summed E-state index contributed by atoms with van der Waals surface area (Å²) in [4.78, 5) is 2.41. The molecule has 1 fully saturated rings. The highest BCUT2D eigenvalue weighted by atomic mass is 35.5. The average Bonchev–Trinajstić information content (AvgIpc) is 2.37. The number of piperidine rings is 1. The second kappa shape index (κ2) is 6.12. The highest BCUT2D eigenvalue weighted by Gasteiger charge is 2.29. The summed E-state index contributed by atoms with van der Waals surface area (Å²) in [6.07, 6.45) is 0.805. The summed E-state index contributed by atoms with van der Waals surface area (Å²) in [5.74, 6) is 0.267. The molecule has 2 rings (SSSR count). The lowest BCUT2D eigenvalue weighted by molar-refractivity contribution is 0.188. The van der Waals surface area contributed by atoms with Crippen LogP contribution in [0.5, 0.6) is 0 Å². The van der Waals surface area contributed by atoms with Crippen molar-refractivity contribution in [3.05, 3.63) is 22.7 Å². The van der Waals surface area contributed by atoms with E-state index in [9.17, 15) is 8.42 Å². The number of nitrogens with zero attached hydrogens (tertiary/aromatic N) is 1. The summed E-state index contributed by atoms with van der Waals surface area (Å²) in [6, 6.07) is 2.96. The van der Waals surface area contributed by atoms with Gasteiger partial charge in [-0.3, -0.25) is 0 Å². The molecule has 0 aromatic heterocycles. The van der Waals surface area contributed by atoms with Crippen LogP contribution in [0.2, 0.25) is 5.02 Å². The van der Waals surface area contributed by atoms with Crippen molar-refractivity contribution in [1.29, 1.82) is 0 Å². The summed E-state index contributed by atoms with van der Waals surface area (Å²) in [6.45, 7) is 5.55. The minimum atomic E-state index is -3.59. The van der Waals surface area contributed by atoms with Crippen LogP contribution >= 0.6 is 11.6 Å². The van der Waals surface area contributed by atoms with Gasteiger partial charge in [-0.2, -0.15) is 0 Å². The van der Waals surface area contributed by atoms with Crippen LogP contribution in [0.3, 0.4) is 0 Å². The number of sulfonamides is 1. The summed E-state index contributed by atoms with van der Waals surface area (Å²) in [5.41, 5.74) is 6.61. The molecular formula is C14H22ClN3O2S. The molecule has 0 saturated carbocycles. The first-order valence-electron chi connectivity index (χ1n) is 6.97. The number of anilines is 1. The minimum absolute atomic E-state index is 0.0532. The first-order chi connectivity index (χ1) is 9.70. The van der Waals surface area contributed by atoms with Gasteiger partial charge >= 0.3 is 0 Å². The smallest absolute Gasteiger partial charge is 0.241 e. The van der Waals surface area contributed by atoms with Crippen molar-refractivity contribution in [2.75, 3.05) is 25.9 Å². The summed E-state index contributed by atoms with van der Waals surface area (Å²) in [5, 5.41) is 0.374. The number of aryl methyl sites for hydroxylation is 1. The van der Waals surface area contributed by atoms with Crippen LogP contribution in [0.25, 0.3) is 0 Å². The Balaban J connectivity index is 2.25. The predicted molar refractivity (Wildman–Crippen MR) is 86.0 cm³/mol. The molecule has 0 radical (unpaired) electrons. The molecule has 0 amide bonds. The fourth-order valence-corrected chi connectivity index (χ4v) is 4.61. The Morgan fingerprint density at radius 1 is 1.43 bits per heavy atom. The lowest BCUT2D eigenvalue weighted by atomic mass is 9.95. The number of halogens is 1. The van der Waals surface area contributed by atoms with Gasteiger partial charge in [-0.15, -0.1) is 0 Å². The van der Waals surface area contributed by atoms with Gasteiger partial charge in [0, 0.05) is 12.6 Å². The number of nitrogen functional groups attached to an aromatic ring is 1. The molecule has 0 bridgehead atoms. The molecule has 1 aromatic rings. The van der Waals surface area contributed by atoms with Crippen molar-refractivity contribution in [2.45, 2.75) is 31.2 Å². The van der Waals surface area contributed by atoms with Gasteiger partial charge in [-0.05, 0) is 50.6 Å². The molecule has 1 aromatic carbocycles. The normalized spacial score (nSPS) is 24.2. The molecule has 0 spiro atoms. The Bertz CT molecular complexity index is 633. The van der Waals surface area contributed by atoms with Crippen LogP contribution in [0.15, 0.2) is 17.0 Å². The van der Waals surface area contributed by atoms with Crippen molar-refractivity contribution in [3.63, 3.8) is 0 Å². The Morgan fingerprint density at radius 2 is 2.10 bits per heavy atom. The molecule has 2 atom stereocenters. The second-order valence-corrected chi connectivity index (χ2v) is 7.98. The zero-order chi connectivity index (χ0) is 15.8. The first-order valence-corrected chi connectivity index (χ1v) is 8.83. The summed E-state index contributed by atoms with van der Waals surface area (Å²) < 4.78 is 28.0. The number of likely N-dealkylation sites (tertiary alicyclic amines) is 1. The number of nitrogens with two attached hydrogens (primary N) is 1. The van der Waals surface area contributed by atoms with Gasteiger partial charge in [0.1, 0.15) is 0 Å². The topological polar surface area (TPSA) is 75.4 Å². The lowest BCUT2D eigenvalue weighted by Crippen LogP contribution is -2.48. The van der Waals surface area contributed by atoms with Crippen LogP contribution in [-0.2, 0) is 10.0 Å². The zero-order valence-corrected chi connectivity index (χ0v) is 14.1. The quantitative estimate of drug-likeness (QED) is 0.829. The van der Waals surface area contributed by atoms with E-state index in [2.05, 4.69) is 16.5 Å². The van der Waals surface area contributed by atoms with E-state index in [4.69, 9.17) is 17.3 Å². The third kappa shape index (κ3) is 3.69. The zero-order valence-electron chi connectivity index (χ0n) is 12.6. The molecule has 0 aliphatic carbocycles. The Hall–Kier alpha value is -0.820. The van der Waals surface area contributed by atoms with E-state index in [-0.39, 0.29) is 22.5 Å². The molecule has 118 valence electrons. The molecule has 21 heavy (non-hydrogen) atoms. The van der Waals surface area contributed by atoms with Gasteiger partial charge in [0.25, 0.3) is 0 Å². The first kappa shape index (κ1) is 16.5. The molecule has 1 heterocycles. The maximum Gasteiger partial charge on any atom is 0.241 e. The lowest BCUT2D eigenvalue weighted by Gasteiger charge is -2.35. The van der Waals surface area contributed by atoms with Crippen LogP contribution < -0.4 is 10.5 Å². The van der Waals surface area contributed by atoms with Crippen molar-refractivity contribution >= 4 is 27.3 Å². The monoisotopic (exact) mass is 331 g/mol. The van der Waals surface area contributed by atoms with Crippen LogP contribution in [-0.4, -0.2) is 39.5 Å². The molecule has 5 nitrogen and oxygen atoms in total. The number of hydrogen-bond acceptors (Lipinski definition) is 4. The van der Waals surface area contributed by atoms with Crippen molar-refractivity contribution in [3.8, 4) is 0 Å². The number of rotatable bonds is 3. The molecule has 2 unspecified atom stereocenters. The van der Waals surface area contributed by atoms with Crippen LogP contribution in [0.4, 0.5) is 5.69 Å². The third-order valence-corrected chi connectivity index (χ3v) is 5.96. The van der Waals surface area contributed by atoms with E-state index in [0.29, 0.717) is 10.6 Å². The van der Waals surface area contributed by atoms with Gasteiger partial charge in [-0.25, -0.2) is 13.1 Å². The predicted octanol–water partition coefficient (Wildman–Crippen LogP) is 1.85. The van der Waals surface area contributed by atoms with Gasteiger partial charge < -0.3 is 10.6 Å². The van der Waals surface area contributed by atoms with Crippen molar-refractivity contribution < 1.29 is 8.42 Å². The van der Waals surface area contributed by atoms with Crippen LogP contribution in [0.1, 0.15) is 18.9 Å². The van der Waals surface area contributed by atoms with Gasteiger partial charge in [0.05, 0.1) is 15.6 Å². The van der Waals surface area contributed by atoms with E-state index >= 15 is 0 Å². The molecular weight excluding hydrogens is 310 g/mol. The van der Waals surface area contributed by atoms with Gasteiger partial charge in [-0.1, -0.05) is 18.5 Å². The molecule has 7 heteroatoms. The Labute approximate surface area is 131 Å². The van der Waals surface area contributed by atoms with Gasteiger partial charge in [0.2, 0.25) is 10.0 Å². The van der Waals surface area contributed by atoms with E-state index in [1.807, 2.05) is 7.05 Å². The fourth-order valence-electron chi connectivity index (χ4n) is 2.75. The molecule has 1 aliphatic rings. The SMILES string of the molecule is Cc1cc(Cl)c(N)cc1S(=O)(=O)NC1CCN(C)CC1C. The number of hydrogen-bond donors (Lipinski definition) is 2. The number of benzene rings is 1. The fraction of sp³-hybridized carbons (Fsp3) is 0.571. The second-order valence-electron chi connectivity index (χ2n) is 5.90. The van der Waals surface area contributed by atoms with E-state index in [1.165, 1.54) is 6.07 Å². The number of nitrogens with one attached hydrogen (secondary N) is 1. The van der Waals surface area contributed by atoms with Gasteiger partial charge in [0.15, 0.2) is 0 Å². The van der Waals surface area contributed by atoms with E-state index in [0.717, 1.165) is 19.5 Å². The Morgan fingerprint density at radius 3 is 2.71 bits per heavy atom. The van der Waals surface area contributed by atoms with E-state index in [1.54, 1.807) is 13.0 Å². The average molecular weight is 332 g/mol. The highest BCUT2D eigenvalue weighted by Crippen LogP contribution is 2.27.